The van der Waals surface area contributed by atoms with Gasteiger partial charge in [-0.05, 0) is 57.7 Å². The molecule has 0 spiro atoms. The van der Waals surface area contributed by atoms with Gasteiger partial charge in [-0.2, -0.15) is 0 Å². The average molecular weight is 226 g/mol. The normalized spacial score (nSPS) is 27.0. The van der Waals surface area contributed by atoms with Crippen LogP contribution in [0, 0.1) is 17.8 Å². The summed E-state index contributed by atoms with van der Waals surface area (Å²) in [6.07, 6.45) is 2.77. The van der Waals surface area contributed by atoms with Crippen LogP contribution in [0.4, 0.5) is 0 Å². The SMILES string of the molecule is CC(C)C(C)CNC(C)C1CCCN(C)C1. The van der Waals surface area contributed by atoms with E-state index in [1.165, 1.54) is 32.5 Å². The van der Waals surface area contributed by atoms with Crippen molar-refractivity contribution in [2.24, 2.45) is 17.8 Å². The number of nitrogens with one attached hydrogen (secondary N) is 1. The van der Waals surface area contributed by atoms with Gasteiger partial charge in [0.15, 0.2) is 0 Å². The zero-order valence-corrected chi connectivity index (χ0v) is 11.8. The Kier molecular flexibility index (Phi) is 5.77. The summed E-state index contributed by atoms with van der Waals surface area (Å²) in [4.78, 5) is 2.47. The maximum Gasteiger partial charge on any atom is 0.00793 e. The molecule has 1 rings (SSSR count). The Morgan fingerprint density at radius 3 is 2.50 bits per heavy atom. The molecule has 1 fully saturated rings. The van der Waals surface area contributed by atoms with Crippen molar-refractivity contribution in [1.29, 1.82) is 0 Å². The van der Waals surface area contributed by atoms with Crippen LogP contribution in [0.3, 0.4) is 0 Å². The van der Waals surface area contributed by atoms with Gasteiger partial charge in [0.25, 0.3) is 0 Å². The molecular weight excluding hydrogens is 196 g/mol. The Morgan fingerprint density at radius 1 is 1.25 bits per heavy atom. The molecule has 2 nitrogen and oxygen atoms in total. The minimum atomic E-state index is 0.670. The highest BCUT2D eigenvalue weighted by molar-refractivity contribution is 4.79. The Labute approximate surface area is 102 Å². The van der Waals surface area contributed by atoms with E-state index in [1.807, 2.05) is 0 Å². The molecule has 1 aliphatic heterocycles. The summed E-state index contributed by atoms with van der Waals surface area (Å²) < 4.78 is 0. The van der Waals surface area contributed by atoms with Crippen molar-refractivity contribution < 1.29 is 0 Å². The quantitative estimate of drug-likeness (QED) is 0.775. The van der Waals surface area contributed by atoms with Crippen LogP contribution >= 0.6 is 0 Å². The Bertz CT molecular complexity index is 191. The van der Waals surface area contributed by atoms with E-state index in [1.54, 1.807) is 0 Å². The third-order valence-electron chi connectivity index (χ3n) is 4.27. The lowest BCUT2D eigenvalue weighted by atomic mass is 9.91. The molecule has 0 aromatic carbocycles. The average Bonchev–Trinajstić information content (AvgIpc) is 2.25. The van der Waals surface area contributed by atoms with Gasteiger partial charge >= 0.3 is 0 Å². The first-order chi connectivity index (χ1) is 7.50. The van der Waals surface area contributed by atoms with Crippen LogP contribution in [0.15, 0.2) is 0 Å². The first kappa shape index (κ1) is 14.0. The van der Waals surface area contributed by atoms with Crippen molar-refractivity contribution in [1.82, 2.24) is 10.2 Å². The smallest absolute Gasteiger partial charge is 0.00793 e. The van der Waals surface area contributed by atoms with Crippen LogP contribution in [0.25, 0.3) is 0 Å². The predicted octanol–water partition coefficient (Wildman–Crippen LogP) is 2.60. The van der Waals surface area contributed by atoms with Crippen molar-refractivity contribution in [2.75, 3.05) is 26.7 Å². The van der Waals surface area contributed by atoms with Gasteiger partial charge in [0.2, 0.25) is 0 Å². The second kappa shape index (κ2) is 6.61. The number of likely N-dealkylation sites (tertiary alicyclic amines) is 1. The molecule has 1 saturated heterocycles. The third kappa shape index (κ3) is 4.42. The maximum absolute atomic E-state index is 3.73. The summed E-state index contributed by atoms with van der Waals surface area (Å²) in [5, 5.41) is 3.73. The molecule has 0 radical (unpaired) electrons. The van der Waals surface area contributed by atoms with E-state index in [2.05, 4.69) is 45.0 Å². The van der Waals surface area contributed by atoms with Gasteiger partial charge in [0.05, 0.1) is 0 Å². The molecule has 16 heavy (non-hydrogen) atoms. The van der Waals surface area contributed by atoms with Crippen molar-refractivity contribution in [2.45, 2.75) is 46.6 Å². The summed E-state index contributed by atoms with van der Waals surface area (Å²) >= 11 is 0. The lowest BCUT2D eigenvalue weighted by Crippen LogP contribution is -2.44. The predicted molar refractivity (Wildman–Crippen MR) is 71.7 cm³/mol. The Morgan fingerprint density at radius 2 is 1.94 bits per heavy atom. The zero-order chi connectivity index (χ0) is 12.1. The molecule has 0 aromatic rings. The molecule has 0 aromatic heterocycles. The van der Waals surface area contributed by atoms with E-state index in [4.69, 9.17) is 0 Å². The second-order valence-corrected chi connectivity index (χ2v) is 6.08. The molecule has 0 bridgehead atoms. The molecule has 0 saturated carbocycles. The molecule has 2 heteroatoms. The molecule has 0 amide bonds. The fourth-order valence-corrected chi connectivity index (χ4v) is 2.39. The lowest BCUT2D eigenvalue weighted by molar-refractivity contribution is 0.175. The van der Waals surface area contributed by atoms with Gasteiger partial charge in [-0.1, -0.05) is 20.8 Å². The largest absolute Gasteiger partial charge is 0.314 e. The van der Waals surface area contributed by atoms with Gasteiger partial charge in [-0.15, -0.1) is 0 Å². The lowest BCUT2D eigenvalue weighted by Gasteiger charge is -2.34. The summed E-state index contributed by atoms with van der Waals surface area (Å²) in [7, 11) is 2.25. The van der Waals surface area contributed by atoms with Gasteiger partial charge in [0, 0.05) is 12.6 Å². The number of rotatable bonds is 5. The molecule has 1 aliphatic rings. The number of hydrogen-bond donors (Lipinski definition) is 1. The molecule has 96 valence electrons. The minimum Gasteiger partial charge on any atom is -0.314 e. The third-order valence-corrected chi connectivity index (χ3v) is 4.27. The topological polar surface area (TPSA) is 15.3 Å². The van der Waals surface area contributed by atoms with Crippen molar-refractivity contribution in [3.8, 4) is 0 Å². The van der Waals surface area contributed by atoms with Crippen LogP contribution in [-0.4, -0.2) is 37.6 Å². The van der Waals surface area contributed by atoms with E-state index >= 15 is 0 Å². The molecule has 0 aliphatic carbocycles. The van der Waals surface area contributed by atoms with Crippen LogP contribution in [0.5, 0.6) is 0 Å². The molecule has 3 unspecified atom stereocenters. The van der Waals surface area contributed by atoms with E-state index in [-0.39, 0.29) is 0 Å². The van der Waals surface area contributed by atoms with Crippen molar-refractivity contribution >= 4 is 0 Å². The second-order valence-electron chi connectivity index (χ2n) is 6.08. The first-order valence-electron chi connectivity index (χ1n) is 6.92. The van der Waals surface area contributed by atoms with E-state index in [0.29, 0.717) is 6.04 Å². The number of piperidine rings is 1. The highest BCUT2D eigenvalue weighted by Gasteiger charge is 2.22. The van der Waals surface area contributed by atoms with Gasteiger partial charge in [0.1, 0.15) is 0 Å². The summed E-state index contributed by atoms with van der Waals surface area (Å²) in [5.41, 5.74) is 0. The Balaban J connectivity index is 2.26. The van der Waals surface area contributed by atoms with E-state index in [9.17, 15) is 0 Å². The fraction of sp³-hybridized carbons (Fsp3) is 1.00. The maximum atomic E-state index is 3.73. The van der Waals surface area contributed by atoms with E-state index in [0.717, 1.165) is 17.8 Å². The standard InChI is InChI=1S/C14H30N2/c1-11(2)12(3)9-15-13(4)14-7-6-8-16(5)10-14/h11-15H,6-10H2,1-5H3. The van der Waals surface area contributed by atoms with E-state index < -0.39 is 0 Å². The number of hydrogen-bond acceptors (Lipinski definition) is 2. The molecule has 3 atom stereocenters. The number of nitrogens with zero attached hydrogens (tertiary/aromatic N) is 1. The fourth-order valence-electron chi connectivity index (χ4n) is 2.39. The van der Waals surface area contributed by atoms with Gasteiger partial charge in [-0.25, -0.2) is 0 Å². The van der Waals surface area contributed by atoms with Crippen molar-refractivity contribution in [3.63, 3.8) is 0 Å². The monoisotopic (exact) mass is 226 g/mol. The summed E-state index contributed by atoms with van der Waals surface area (Å²) in [6, 6.07) is 0.670. The van der Waals surface area contributed by atoms with Gasteiger partial charge < -0.3 is 10.2 Å². The van der Waals surface area contributed by atoms with Crippen LogP contribution in [-0.2, 0) is 0 Å². The zero-order valence-electron chi connectivity index (χ0n) is 11.8. The molecule has 1 N–H and O–H groups in total. The van der Waals surface area contributed by atoms with Crippen LogP contribution in [0.1, 0.15) is 40.5 Å². The minimum absolute atomic E-state index is 0.670. The first-order valence-corrected chi connectivity index (χ1v) is 6.92. The van der Waals surface area contributed by atoms with Crippen LogP contribution in [0.2, 0.25) is 0 Å². The van der Waals surface area contributed by atoms with Gasteiger partial charge in [-0.3, -0.25) is 0 Å². The van der Waals surface area contributed by atoms with Crippen molar-refractivity contribution in [3.05, 3.63) is 0 Å². The van der Waals surface area contributed by atoms with Crippen LogP contribution < -0.4 is 5.32 Å². The molecular formula is C14H30N2. The highest BCUT2D eigenvalue weighted by atomic mass is 15.1. The highest BCUT2D eigenvalue weighted by Crippen LogP contribution is 2.19. The summed E-state index contributed by atoms with van der Waals surface area (Å²) in [6.45, 7) is 13.0. The Hall–Kier alpha value is -0.0800. The molecule has 1 heterocycles. The summed E-state index contributed by atoms with van der Waals surface area (Å²) in [5.74, 6) is 2.41.